The highest BCUT2D eigenvalue weighted by Gasteiger charge is 2.49. The molecule has 2 rings (SSSR count). The summed E-state index contributed by atoms with van der Waals surface area (Å²) in [5.41, 5.74) is 9.90. The molecule has 2 heteroatoms. The smallest absolute Gasteiger partial charge is 0.158 e. The van der Waals surface area contributed by atoms with Crippen molar-refractivity contribution < 1.29 is 0 Å². The molecule has 0 heterocycles. The standard InChI is InChI=1S/C17H27ClSi/c1-9-10(2)12(4)16-15(11(9)3)13(5)14(6)17(16)19(7,8)18/h15-17H,1-8H3. The van der Waals surface area contributed by atoms with Crippen LogP contribution in [0.4, 0.5) is 0 Å². The summed E-state index contributed by atoms with van der Waals surface area (Å²) in [7, 11) is -1.70. The van der Waals surface area contributed by atoms with Gasteiger partial charge in [-0.25, -0.2) is 0 Å². The largest absolute Gasteiger partial charge is 0.167 e. The van der Waals surface area contributed by atoms with E-state index in [-0.39, 0.29) is 0 Å². The van der Waals surface area contributed by atoms with Crippen molar-refractivity contribution in [2.24, 2.45) is 11.8 Å². The fraction of sp³-hybridized carbons (Fsp3) is 0.647. The number of halogens is 1. The minimum Gasteiger partial charge on any atom is -0.167 e. The van der Waals surface area contributed by atoms with Gasteiger partial charge in [-0.15, -0.1) is 0 Å². The van der Waals surface area contributed by atoms with Gasteiger partial charge in [0, 0.05) is 5.92 Å². The minimum absolute atomic E-state index is 0.595. The normalized spacial score (nSPS) is 32.4. The lowest BCUT2D eigenvalue weighted by atomic mass is 9.72. The van der Waals surface area contributed by atoms with Crippen LogP contribution in [-0.4, -0.2) is 7.38 Å². The van der Waals surface area contributed by atoms with E-state index >= 15 is 0 Å². The highest BCUT2D eigenvalue weighted by atomic mass is 35.6. The van der Waals surface area contributed by atoms with E-state index in [1.807, 2.05) is 0 Å². The monoisotopic (exact) mass is 294 g/mol. The molecule has 0 aromatic carbocycles. The van der Waals surface area contributed by atoms with Crippen molar-refractivity contribution >= 4 is 18.5 Å². The van der Waals surface area contributed by atoms with E-state index in [2.05, 4.69) is 54.6 Å². The van der Waals surface area contributed by atoms with Crippen LogP contribution in [0.3, 0.4) is 0 Å². The van der Waals surface area contributed by atoms with E-state index in [1.165, 1.54) is 11.1 Å². The Morgan fingerprint density at radius 1 is 0.737 bits per heavy atom. The summed E-state index contributed by atoms with van der Waals surface area (Å²) in [6, 6.07) is 0. The van der Waals surface area contributed by atoms with E-state index in [0.717, 1.165) is 0 Å². The van der Waals surface area contributed by atoms with Crippen molar-refractivity contribution in [1.29, 1.82) is 0 Å². The number of allylic oxidation sites excluding steroid dienone is 6. The summed E-state index contributed by atoms with van der Waals surface area (Å²) >= 11 is 6.88. The maximum Gasteiger partial charge on any atom is 0.158 e. The molecule has 3 unspecified atom stereocenters. The van der Waals surface area contributed by atoms with Crippen molar-refractivity contribution in [2.75, 3.05) is 0 Å². The molecular weight excluding hydrogens is 268 g/mol. The molecule has 0 N–H and O–H groups in total. The molecule has 0 spiro atoms. The predicted octanol–water partition coefficient (Wildman–Crippen LogP) is 6.07. The molecule has 106 valence electrons. The summed E-state index contributed by atoms with van der Waals surface area (Å²) in [5.74, 6) is 1.24. The van der Waals surface area contributed by atoms with Crippen molar-refractivity contribution in [2.45, 2.75) is 60.2 Å². The van der Waals surface area contributed by atoms with Crippen LogP contribution in [0.2, 0.25) is 18.6 Å². The average molecular weight is 295 g/mol. The number of fused-ring (bicyclic) bond motifs is 1. The van der Waals surface area contributed by atoms with Crippen LogP contribution in [0, 0.1) is 11.8 Å². The maximum atomic E-state index is 6.88. The van der Waals surface area contributed by atoms with Crippen LogP contribution in [0.1, 0.15) is 41.5 Å². The highest BCUT2D eigenvalue weighted by molar-refractivity contribution is 7.20. The van der Waals surface area contributed by atoms with Gasteiger partial charge >= 0.3 is 0 Å². The Hall–Kier alpha value is -0.273. The fourth-order valence-corrected chi connectivity index (χ4v) is 7.78. The summed E-state index contributed by atoms with van der Waals surface area (Å²) < 4.78 is 0. The second-order valence-corrected chi connectivity index (χ2v) is 13.7. The van der Waals surface area contributed by atoms with Crippen molar-refractivity contribution in [3.8, 4) is 0 Å². The molecule has 0 aromatic rings. The molecule has 0 aromatic heterocycles. The third-order valence-electron chi connectivity index (χ3n) is 5.72. The molecule has 2 aliphatic carbocycles. The van der Waals surface area contributed by atoms with Gasteiger partial charge in [0.15, 0.2) is 7.38 Å². The van der Waals surface area contributed by atoms with Gasteiger partial charge in [0.1, 0.15) is 0 Å². The maximum absolute atomic E-state index is 6.88. The lowest BCUT2D eigenvalue weighted by Gasteiger charge is -2.38. The van der Waals surface area contributed by atoms with Crippen LogP contribution >= 0.6 is 11.1 Å². The van der Waals surface area contributed by atoms with Gasteiger partial charge < -0.3 is 0 Å². The summed E-state index contributed by atoms with van der Waals surface area (Å²) in [6.45, 7) is 18.5. The first-order valence-corrected chi connectivity index (χ1v) is 11.4. The van der Waals surface area contributed by atoms with E-state index in [4.69, 9.17) is 11.1 Å². The molecule has 0 saturated carbocycles. The molecular formula is C17H27ClSi. The van der Waals surface area contributed by atoms with Gasteiger partial charge in [-0.2, -0.15) is 11.1 Å². The summed E-state index contributed by atoms with van der Waals surface area (Å²) in [6.07, 6.45) is 0. The van der Waals surface area contributed by atoms with Gasteiger partial charge in [0.05, 0.1) is 0 Å². The first-order valence-electron chi connectivity index (χ1n) is 7.30. The van der Waals surface area contributed by atoms with Crippen molar-refractivity contribution in [3.63, 3.8) is 0 Å². The fourth-order valence-electron chi connectivity index (χ4n) is 4.33. The Bertz CT molecular complexity index is 514. The van der Waals surface area contributed by atoms with Gasteiger partial charge in [-0.1, -0.05) is 35.4 Å². The molecule has 0 radical (unpaired) electrons. The Kier molecular flexibility index (Phi) is 3.69. The zero-order valence-corrected chi connectivity index (χ0v) is 15.4. The van der Waals surface area contributed by atoms with Crippen LogP contribution in [0.15, 0.2) is 33.4 Å². The van der Waals surface area contributed by atoms with E-state index in [9.17, 15) is 0 Å². The Morgan fingerprint density at radius 2 is 1.21 bits per heavy atom. The van der Waals surface area contributed by atoms with Crippen LogP contribution in [0.5, 0.6) is 0 Å². The van der Waals surface area contributed by atoms with Crippen LogP contribution in [-0.2, 0) is 0 Å². The van der Waals surface area contributed by atoms with Crippen LogP contribution < -0.4 is 0 Å². The van der Waals surface area contributed by atoms with Crippen molar-refractivity contribution in [1.82, 2.24) is 0 Å². The minimum atomic E-state index is -1.70. The molecule has 0 bridgehead atoms. The third-order valence-corrected chi connectivity index (χ3v) is 8.70. The van der Waals surface area contributed by atoms with Gasteiger partial charge in [-0.05, 0) is 64.1 Å². The van der Waals surface area contributed by atoms with E-state index < -0.39 is 7.38 Å². The van der Waals surface area contributed by atoms with Crippen LogP contribution in [0.25, 0.3) is 0 Å². The highest BCUT2D eigenvalue weighted by Crippen LogP contribution is 2.59. The number of hydrogen-bond acceptors (Lipinski definition) is 0. The molecule has 19 heavy (non-hydrogen) atoms. The zero-order chi connectivity index (χ0) is 14.7. The molecule has 3 atom stereocenters. The lowest BCUT2D eigenvalue weighted by Crippen LogP contribution is -2.34. The first-order chi connectivity index (χ1) is 8.59. The zero-order valence-electron chi connectivity index (χ0n) is 13.6. The molecule has 2 aliphatic rings. The molecule has 0 saturated heterocycles. The molecule has 0 amide bonds. The average Bonchev–Trinajstić information content (AvgIpc) is 2.57. The number of hydrogen-bond donors (Lipinski definition) is 0. The Morgan fingerprint density at radius 3 is 1.68 bits per heavy atom. The summed E-state index contributed by atoms with van der Waals surface area (Å²) in [4.78, 5) is 0. The SMILES string of the molecule is CC1=C(C)C2C(C)=C(C)C([Si](C)(C)Cl)C2C(C)=C1C. The predicted molar refractivity (Wildman–Crippen MR) is 89.2 cm³/mol. The first kappa shape index (κ1) is 15.1. The third kappa shape index (κ3) is 2.10. The topological polar surface area (TPSA) is 0 Å². The Balaban J connectivity index is 2.64. The second kappa shape index (κ2) is 4.63. The second-order valence-electron chi connectivity index (χ2n) is 7.03. The van der Waals surface area contributed by atoms with Crippen molar-refractivity contribution in [3.05, 3.63) is 33.4 Å². The lowest BCUT2D eigenvalue weighted by molar-refractivity contribution is 0.501. The quantitative estimate of drug-likeness (QED) is 0.313. The van der Waals surface area contributed by atoms with Gasteiger partial charge in [0.25, 0.3) is 0 Å². The van der Waals surface area contributed by atoms with Gasteiger partial charge in [0.2, 0.25) is 0 Å². The molecule has 0 nitrogen and oxygen atoms in total. The van der Waals surface area contributed by atoms with E-state index in [1.54, 1.807) is 22.3 Å². The van der Waals surface area contributed by atoms with E-state index in [0.29, 0.717) is 17.4 Å². The Labute approximate surface area is 124 Å². The summed E-state index contributed by atoms with van der Waals surface area (Å²) in [5, 5.41) is 0. The molecule has 0 fully saturated rings. The molecule has 0 aliphatic heterocycles. The number of rotatable bonds is 1. The van der Waals surface area contributed by atoms with Gasteiger partial charge in [-0.3, -0.25) is 0 Å².